The molecule has 2 fully saturated rings. The van der Waals surface area contributed by atoms with Gasteiger partial charge in [-0.2, -0.15) is 8.78 Å². The molecule has 45 heavy (non-hydrogen) atoms. The first-order valence-corrected chi connectivity index (χ1v) is 17.0. The molecule has 0 aliphatic carbocycles. The van der Waals surface area contributed by atoms with E-state index < -0.39 is 42.2 Å². The molecule has 3 amide bonds. The average molecular weight is 664 g/mol. The lowest BCUT2D eigenvalue weighted by Crippen LogP contribution is -2.58. The summed E-state index contributed by atoms with van der Waals surface area (Å²) in [5.41, 5.74) is -5.05. The maximum absolute atomic E-state index is 14.3. The van der Waals surface area contributed by atoms with E-state index in [0.717, 1.165) is 29.0 Å². The van der Waals surface area contributed by atoms with Gasteiger partial charge in [0, 0.05) is 23.4 Å². The van der Waals surface area contributed by atoms with Crippen molar-refractivity contribution in [2.24, 2.45) is 5.41 Å². The average Bonchev–Trinajstić information content (AvgIpc) is 3.66. The number of alkyl halides is 2. The zero-order valence-electron chi connectivity index (χ0n) is 25.1. The summed E-state index contributed by atoms with van der Waals surface area (Å²) >= 11 is 1.00. The van der Waals surface area contributed by atoms with Crippen molar-refractivity contribution in [2.45, 2.75) is 57.4 Å². The second-order valence-corrected chi connectivity index (χ2v) is 15.2. The lowest BCUT2D eigenvalue weighted by molar-refractivity contribution is -0.151. The summed E-state index contributed by atoms with van der Waals surface area (Å²) in [4.78, 5) is 63.2. The Morgan fingerprint density at radius 1 is 1.04 bits per heavy atom. The number of hydrogen-bond donors (Lipinski definition) is 3. The number of fused-ring (bicyclic) bond motifs is 1. The second-order valence-electron chi connectivity index (χ2n) is 12.4. The van der Waals surface area contributed by atoms with Crippen molar-refractivity contribution in [3.63, 3.8) is 0 Å². The summed E-state index contributed by atoms with van der Waals surface area (Å²) < 4.78 is 46.1. The number of thiophene rings is 1. The first kappa shape index (κ1) is 33.2. The number of morpholine rings is 1. The second kappa shape index (κ2) is 12.5. The highest BCUT2D eigenvalue weighted by Crippen LogP contribution is 2.59. The van der Waals surface area contributed by atoms with E-state index in [0.29, 0.717) is 43.8 Å². The molecule has 0 bridgehead atoms. The molecular formula is C31H36F2N3O7PS. The van der Waals surface area contributed by atoms with Crippen LogP contribution in [0.25, 0.3) is 10.1 Å². The molecule has 14 heteroatoms. The number of likely N-dealkylation sites (tertiary alicyclic amines) is 1. The van der Waals surface area contributed by atoms with Gasteiger partial charge in [-0.1, -0.05) is 57.2 Å². The van der Waals surface area contributed by atoms with Crippen LogP contribution in [-0.2, 0) is 24.6 Å². The number of nitrogens with zero attached hydrogens (tertiary/aromatic N) is 2. The molecule has 0 spiro atoms. The SMILES string of the molecule is CC(C)(C)[C@H](NC(=O)c1cc2cc(C(F)(F)P(=O)(O)O)ccc2s1)C(=O)N1CCC[C@H]1C(=O)N1CCOC[C@@H]1c1ccccc1. The molecular weight excluding hydrogens is 627 g/mol. The zero-order valence-corrected chi connectivity index (χ0v) is 26.8. The van der Waals surface area contributed by atoms with Gasteiger partial charge in [-0.05, 0) is 47.4 Å². The van der Waals surface area contributed by atoms with E-state index in [2.05, 4.69) is 5.32 Å². The molecule has 3 N–H and O–H groups in total. The summed E-state index contributed by atoms with van der Waals surface area (Å²) in [6, 6.07) is 12.1. The van der Waals surface area contributed by atoms with Crippen LogP contribution in [0.1, 0.15) is 60.5 Å². The first-order chi connectivity index (χ1) is 21.1. The Morgan fingerprint density at radius 2 is 1.76 bits per heavy atom. The third kappa shape index (κ3) is 6.69. The quantitative estimate of drug-likeness (QED) is 0.307. The smallest absolute Gasteiger partial charge is 0.377 e. The highest BCUT2D eigenvalue weighted by Gasteiger charge is 2.50. The Bertz CT molecular complexity index is 1640. The predicted octanol–water partition coefficient (Wildman–Crippen LogP) is 4.86. The van der Waals surface area contributed by atoms with Crippen molar-refractivity contribution < 1.29 is 42.3 Å². The van der Waals surface area contributed by atoms with Crippen LogP contribution in [0.15, 0.2) is 54.6 Å². The van der Waals surface area contributed by atoms with Crippen LogP contribution in [-0.4, -0.2) is 75.7 Å². The summed E-state index contributed by atoms with van der Waals surface area (Å²) in [7, 11) is -5.77. The van der Waals surface area contributed by atoms with E-state index in [-0.39, 0.29) is 28.1 Å². The van der Waals surface area contributed by atoms with Crippen LogP contribution < -0.4 is 5.32 Å². The van der Waals surface area contributed by atoms with E-state index >= 15 is 0 Å². The lowest BCUT2D eigenvalue weighted by Gasteiger charge is -2.40. The Morgan fingerprint density at radius 3 is 2.42 bits per heavy atom. The number of rotatable bonds is 7. The summed E-state index contributed by atoms with van der Waals surface area (Å²) in [5.74, 6) is -1.16. The fourth-order valence-electron chi connectivity index (χ4n) is 5.82. The van der Waals surface area contributed by atoms with Crippen LogP contribution in [0.4, 0.5) is 8.78 Å². The van der Waals surface area contributed by atoms with Crippen molar-refractivity contribution in [1.29, 1.82) is 0 Å². The van der Waals surface area contributed by atoms with Gasteiger partial charge in [0.05, 0.1) is 24.1 Å². The fourth-order valence-corrected chi connectivity index (χ4v) is 7.25. The molecule has 10 nitrogen and oxygen atoms in total. The van der Waals surface area contributed by atoms with Gasteiger partial charge in [0.1, 0.15) is 12.1 Å². The molecule has 242 valence electrons. The van der Waals surface area contributed by atoms with Crippen molar-refractivity contribution >= 4 is 46.7 Å². The number of carbonyl (C=O) groups is 3. The number of amides is 3. The largest absolute Gasteiger partial charge is 0.399 e. The van der Waals surface area contributed by atoms with Crippen LogP contribution in [0, 0.1) is 5.41 Å². The molecule has 0 unspecified atom stereocenters. The van der Waals surface area contributed by atoms with Crippen molar-refractivity contribution in [3.05, 3.63) is 70.6 Å². The minimum Gasteiger partial charge on any atom is -0.377 e. The monoisotopic (exact) mass is 663 g/mol. The van der Waals surface area contributed by atoms with E-state index in [1.54, 1.807) is 30.6 Å². The van der Waals surface area contributed by atoms with Gasteiger partial charge in [-0.25, -0.2) is 0 Å². The highest BCUT2D eigenvalue weighted by atomic mass is 32.1. The third-order valence-corrected chi connectivity index (χ3v) is 10.4. The Balaban J connectivity index is 1.36. The van der Waals surface area contributed by atoms with Crippen molar-refractivity contribution in [2.75, 3.05) is 26.3 Å². The normalized spacial score (nSPS) is 20.3. The molecule has 2 aromatic carbocycles. The zero-order chi connectivity index (χ0) is 32.7. The van der Waals surface area contributed by atoms with Gasteiger partial charge in [0.2, 0.25) is 11.8 Å². The van der Waals surface area contributed by atoms with Crippen LogP contribution in [0.5, 0.6) is 0 Å². The number of benzene rings is 2. The maximum Gasteiger partial charge on any atom is 0.399 e. The number of hydrogen-bond acceptors (Lipinski definition) is 6. The van der Waals surface area contributed by atoms with Crippen molar-refractivity contribution in [1.82, 2.24) is 15.1 Å². The Hall–Kier alpha value is -3.22. The molecule has 3 aromatic rings. The summed E-state index contributed by atoms with van der Waals surface area (Å²) in [6.45, 7) is 6.91. The van der Waals surface area contributed by atoms with Crippen LogP contribution in [0.3, 0.4) is 0 Å². The third-order valence-electron chi connectivity index (χ3n) is 8.26. The minimum atomic E-state index is -5.77. The first-order valence-electron chi connectivity index (χ1n) is 14.6. The van der Waals surface area contributed by atoms with Crippen molar-refractivity contribution in [3.8, 4) is 0 Å². The van der Waals surface area contributed by atoms with Gasteiger partial charge in [0.25, 0.3) is 5.91 Å². The van der Waals surface area contributed by atoms with E-state index in [4.69, 9.17) is 14.5 Å². The summed E-state index contributed by atoms with van der Waals surface area (Å²) in [5, 5.41) is 3.02. The van der Waals surface area contributed by atoms with E-state index in [9.17, 15) is 27.7 Å². The molecule has 1 aromatic heterocycles. The van der Waals surface area contributed by atoms with Gasteiger partial charge >= 0.3 is 13.3 Å². The molecule has 2 aliphatic rings. The molecule has 3 atom stereocenters. The van der Waals surface area contributed by atoms with E-state index in [1.165, 1.54) is 12.1 Å². The molecule has 0 radical (unpaired) electrons. The number of ether oxygens (including phenoxy) is 1. The van der Waals surface area contributed by atoms with Gasteiger partial charge in [-0.3, -0.25) is 18.9 Å². The topological polar surface area (TPSA) is 136 Å². The highest BCUT2D eigenvalue weighted by molar-refractivity contribution is 7.52. The lowest BCUT2D eigenvalue weighted by atomic mass is 9.85. The standard InChI is InChI=1S/C31H36F2N3O7PS/c1-30(2,3)26(34-27(37)25-17-20-16-21(11-12-24(20)45-25)31(32,33)44(40,41)42)29(39)35-13-7-10-22(35)28(38)36-14-15-43-18-23(36)19-8-5-4-6-9-19/h4-6,8-9,11-12,16-17,22-23,26H,7,10,13-15,18H2,1-3H3,(H,34,37)(H2,40,41,42)/t22-,23+,26+/m0/s1. The Kier molecular flexibility index (Phi) is 9.23. The van der Waals surface area contributed by atoms with Gasteiger partial charge in [-0.15, -0.1) is 11.3 Å². The fraction of sp³-hybridized carbons (Fsp3) is 0.452. The van der Waals surface area contributed by atoms with E-state index in [1.807, 2.05) is 30.3 Å². The van der Waals surface area contributed by atoms with Gasteiger partial charge < -0.3 is 29.6 Å². The summed E-state index contributed by atoms with van der Waals surface area (Å²) in [6.07, 6.45) is 1.12. The number of halogens is 2. The number of carbonyl (C=O) groups excluding carboxylic acids is 3. The minimum absolute atomic E-state index is 0.136. The Labute approximate surface area is 263 Å². The van der Waals surface area contributed by atoms with Crippen LogP contribution in [0.2, 0.25) is 0 Å². The molecule has 2 aliphatic heterocycles. The van der Waals surface area contributed by atoms with Crippen LogP contribution >= 0.6 is 18.9 Å². The molecule has 3 heterocycles. The van der Waals surface area contributed by atoms with Gasteiger partial charge in [0.15, 0.2) is 0 Å². The maximum atomic E-state index is 14.3. The molecule has 5 rings (SSSR count). The molecule has 2 saturated heterocycles. The predicted molar refractivity (Wildman–Crippen MR) is 165 cm³/mol. The molecule has 0 saturated carbocycles. The number of nitrogens with one attached hydrogen (secondary N) is 1.